The van der Waals surface area contributed by atoms with Crippen LogP contribution in [0, 0.1) is 5.41 Å². The number of carbonyl (C=O) groups is 1. The minimum atomic E-state index is -0.517. The number of hydrogen-bond donors (Lipinski definition) is 1. The van der Waals surface area contributed by atoms with Crippen molar-refractivity contribution in [1.82, 2.24) is 14.9 Å². The second-order valence-electron chi connectivity index (χ2n) is 9.94. The van der Waals surface area contributed by atoms with Gasteiger partial charge < -0.3 is 14.6 Å². The molecule has 6 nitrogen and oxygen atoms in total. The van der Waals surface area contributed by atoms with Crippen molar-refractivity contribution < 1.29 is 9.53 Å². The first-order valence-electron chi connectivity index (χ1n) is 11.0. The first kappa shape index (κ1) is 25.9. The normalized spacial score (nSPS) is 21.0. The molecule has 0 unspecified atom stereocenters. The lowest BCUT2D eigenvalue weighted by molar-refractivity contribution is 0.0487. The maximum absolute atomic E-state index is 13.1. The van der Waals surface area contributed by atoms with Crippen molar-refractivity contribution in [1.29, 1.82) is 0 Å². The zero-order valence-corrected chi connectivity index (χ0v) is 22.0. The summed E-state index contributed by atoms with van der Waals surface area (Å²) in [7, 11) is 1.76. The number of carbonyl (C=O) groups excluding carboxylic acids is 1. The Kier molecular flexibility index (Phi) is 8.07. The molecule has 1 aliphatic carbocycles. The summed E-state index contributed by atoms with van der Waals surface area (Å²) in [6, 6.07) is 5.42. The minimum Gasteiger partial charge on any atom is -0.444 e. The van der Waals surface area contributed by atoms with E-state index in [0.29, 0.717) is 27.3 Å². The van der Waals surface area contributed by atoms with Gasteiger partial charge in [0.15, 0.2) is 0 Å². The number of nitrogens with one attached hydrogen (secondary N) is 1. The van der Waals surface area contributed by atoms with Crippen LogP contribution < -0.4 is 10.9 Å². The quantitative estimate of drug-likeness (QED) is 0.500. The van der Waals surface area contributed by atoms with Gasteiger partial charge in [-0.05, 0) is 64.0 Å². The van der Waals surface area contributed by atoms with E-state index < -0.39 is 11.7 Å². The second-order valence-corrected chi connectivity index (χ2v) is 11.8. The first-order chi connectivity index (χ1) is 15.4. The van der Waals surface area contributed by atoms with E-state index in [4.69, 9.17) is 27.9 Å². The van der Waals surface area contributed by atoms with Gasteiger partial charge >= 0.3 is 6.09 Å². The van der Waals surface area contributed by atoms with Gasteiger partial charge in [-0.15, -0.1) is 0 Å². The van der Waals surface area contributed by atoms with Crippen LogP contribution in [0.3, 0.4) is 0 Å². The zero-order chi connectivity index (χ0) is 24.4. The average molecular weight is 513 g/mol. The molecule has 1 fully saturated rings. The molecule has 0 bridgehead atoms. The number of hydrogen-bond acceptors (Lipinski definition) is 5. The predicted molar refractivity (Wildman–Crippen MR) is 134 cm³/mol. The van der Waals surface area contributed by atoms with Crippen LogP contribution in [-0.4, -0.2) is 27.8 Å². The van der Waals surface area contributed by atoms with Gasteiger partial charge in [0.1, 0.15) is 16.3 Å². The van der Waals surface area contributed by atoms with E-state index in [9.17, 15) is 9.59 Å². The third kappa shape index (κ3) is 6.67. The maximum atomic E-state index is 13.1. The van der Waals surface area contributed by atoms with E-state index in [1.54, 1.807) is 23.9 Å². The van der Waals surface area contributed by atoms with Gasteiger partial charge in [-0.1, -0.05) is 48.0 Å². The lowest BCUT2D eigenvalue weighted by Crippen LogP contribution is -2.41. The highest BCUT2D eigenvalue weighted by Crippen LogP contribution is 2.42. The fraction of sp³-hybridized carbons (Fsp3) is 0.542. The maximum Gasteiger partial charge on any atom is 0.407 e. The first-order valence-corrected chi connectivity index (χ1v) is 12.6. The zero-order valence-electron chi connectivity index (χ0n) is 19.7. The van der Waals surface area contributed by atoms with Crippen LogP contribution >= 0.6 is 35.0 Å². The highest BCUT2D eigenvalue weighted by atomic mass is 35.5. The fourth-order valence-electron chi connectivity index (χ4n) is 3.95. The molecule has 33 heavy (non-hydrogen) atoms. The third-order valence-electron chi connectivity index (χ3n) is 5.94. The van der Waals surface area contributed by atoms with E-state index in [1.807, 2.05) is 32.9 Å². The number of aromatic nitrogens is 2. The Morgan fingerprint density at radius 1 is 1.30 bits per heavy atom. The number of rotatable bonds is 5. The summed E-state index contributed by atoms with van der Waals surface area (Å²) in [5.41, 5.74) is -0.0332. The molecule has 1 amide bonds. The summed E-state index contributed by atoms with van der Waals surface area (Å²) in [5, 5.41) is 4.54. The summed E-state index contributed by atoms with van der Waals surface area (Å²) in [6.07, 6.45) is 4.83. The predicted octanol–water partition coefficient (Wildman–Crippen LogP) is 6.43. The summed E-state index contributed by atoms with van der Waals surface area (Å²) < 4.78 is 6.97. The van der Waals surface area contributed by atoms with E-state index in [-0.39, 0.29) is 16.9 Å². The molecule has 9 heteroatoms. The van der Waals surface area contributed by atoms with Gasteiger partial charge in [0.05, 0.1) is 16.2 Å². The van der Waals surface area contributed by atoms with Crippen molar-refractivity contribution in [3.8, 4) is 0 Å². The molecule has 0 aliphatic heterocycles. The largest absolute Gasteiger partial charge is 0.444 e. The molecule has 0 saturated heterocycles. The van der Waals surface area contributed by atoms with Crippen LogP contribution in [0.1, 0.15) is 65.0 Å². The highest BCUT2D eigenvalue weighted by molar-refractivity contribution is 7.99. The van der Waals surface area contributed by atoms with Crippen molar-refractivity contribution in [3.05, 3.63) is 50.5 Å². The van der Waals surface area contributed by atoms with Crippen LogP contribution in [0.25, 0.3) is 0 Å². The molecular weight excluding hydrogens is 481 g/mol. The van der Waals surface area contributed by atoms with Crippen LogP contribution in [0.15, 0.2) is 39.1 Å². The molecule has 2 aromatic rings. The Hall–Kier alpha value is -1.70. The van der Waals surface area contributed by atoms with Crippen molar-refractivity contribution in [2.45, 2.75) is 74.8 Å². The number of benzene rings is 1. The Morgan fingerprint density at radius 2 is 1.97 bits per heavy atom. The smallest absolute Gasteiger partial charge is 0.407 e. The Bertz CT molecular complexity index is 1070. The Labute approximate surface area is 209 Å². The van der Waals surface area contributed by atoms with Crippen molar-refractivity contribution >= 4 is 41.1 Å². The monoisotopic (exact) mass is 511 g/mol. The number of nitrogens with zero attached hydrogens (tertiary/aromatic N) is 2. The average Bonchev–Trinajstić information content (AvgIpc) is 2.73. The standard InChI is InChI=1S/C24H31Cl2N3O3S/c1-23(2,3)32-22(31)28-14-24(4)11-9-15(10-12-24)20-21(30)29(5)18(13-27-20)33-17-8-6-7-16(25)19(17)26/h6-8,13,15H,9-12,14H2,1-5H3,(H,28,31). The summed E-state index contributed by atoms with van der Waals surface area (Å²) in [6.45, 7) is 8.26. The highest BCUT2D eigenvalue weighted by Gasteiger charge is 2.34. The van der Waals surface area contributed by atoms with E-state index in [0.717, 1.165) is 30.6 Å². The number of ether oxygens (including phenoxy) is 1. The Balaban J connectivity index is 1.64. The van der Waals surface area contributed by atoms with Crippen LogP contribution in [0.2, 0.25) is 10.0 Å². The van der Waals surface area contributed by atoms with Gasteiger partial charge in [-0.2, -0.15) is 0 Å². The molecule has 0 spiro atoms. The molecular formula is C24H31Cl2N3O3S. The lowest BCUT2D eigenvalue weighted by atomic mass is 9.71. The van der Waals surface area contributed by atoms with Crippen LogP contribution in [-0.2, 0) is 11.8 Å². The molecule has 1 N–H and O–H groups in total. The van der Waals surface area contributed by atoms with Crippen LogP contribution in [0.5, 0.6) is 0 Å². The second kappa shape index (κ2) is 10.3. The molecule has 3 rings (SSSR count). The summed E-state index contributed by atoms with van der Waals surface area (Å²) in [4.78, 5) is 30.4. The molecule has 0 radical (unpaired) electrons. The third-order valence-corrected chi connectivity index (χ3v) is 8.02. The van der Waals surface area contributed by atoms with Crippen molar-refractivity contribution in [3.63, 3.8) is 0 Å². The van der Waals surface area contributed by atoms with E-state index >= 15 is 0 Å². The number of alkyl carbamates (subject to hydrolysis) is 1. The number of halogens is 2. The van der Waals surface area contributed by atoms with Gasteiger partial charge in [-0.25, -0.2) is 4.79 Å². The number of amides is 1. The minimum absolute atomic E-state index is 0.0300. The molecule has 1 aliphatic rings. The molecule has 180 valence electrons. The lowest BCUT2D eigenvalue weighted by Gasteiger charge is -2.37. The summed E-state index contributed by atoms with van der Waals surface area (Å²) >= 11 is 13.8. The van der Waals surface area contributed by atoms with Gasteiger partial charge in [0.25, 0.3) is 5.56 Å². The SMILES string of the molecule is Cn1c(Sc2cccc(Cl)c2Cl)cnc(C2CCC(C)(CNC(=O)OC(C)(C)C)CC2)c1=O. The molecule has 1 heterocycles. The van der Waals surface area contributed by atoms with Gasteiger partial charge in [-0.3, -0.25) is 9.78 Å². The molecule has 0 atom stereocenters. The Morgan fingerprint density at radius 3 is 2.61 bits per heavy atom. The summed E-state index contributed by atoms with van der Waals surface area (Å²) in [5.74, 6) is 0.104. The van der Waals surface area contributed by atoms with Crippen LogP contribution in [0.4, 0.5) is 4.79 Å². The van der Waals surface area contributed by atoms with E-state index in [2.05, 4.69) is 17.2 Å². The van der Waals surface area contributed by atoms with E-state index in [1.165, 1.54) is 11.8 Å². The topological polar surface area (TPSA) is 73.2 Å². The fourth-order valence-corrected chi connectivity index (χ4v) is 5.32. The van der Waals surface area contributed by atoms with Crippen molar-refractivity contribution in [2.75, 3.05) is 6.54 Å². The van der Waals surface area contributed by atoms with Crippen molar-refractivity contribution in [2.24, 2.45) is 12.5 Å². The molecule has 1 aromatic heterocycles. The van der Waals surface area contributed by atoms with Gasteiger partial charge in [0.2, 0.25) is 0 Å². The van der Waals surface area contributed by atoms with Gasteiger partial charge in [0, 0.05) is 24.4 Å². The molecule has 1 aromatic carbocycles. The molecule has 1 saturated carbocycles.